The third kappa shape index (κ3) is 6.36. The second-order valence-electron chi connectivity index (χ2n) is 4.57. The highest BCUT2D eigenvalue weighted by Crippen LogP contribution is 2.17. The van der Waals surface area contributed by atoms with Crippen LogP contribution in [0.3, 0.4) is 0 Å². The minimum absolute atomic E-state index is 0.0530. The Morgan fingerprint density at radius 3 is 2.75 bits per heavy atom. The summed E-state index contributed by atoms with van der Waals surface area (Å²) in [7, 11) is 0. The molecule has 0 saturated carbocycles. The molecule has 116 valence electrons. The molecule has 0 aliphatic carbocycles. The largest absolute Gasteiger partial charge is 0.508 e. The standard InChI is InChI=1S/C14H24O6/c1-4-6-7-16-14(15)18-9-11(3)8-17-13-12(5-2)19-10-20-13/h12-13H,3-10H2,1-2H3. The molecule has 0 amide bonds. The first kappa shape index (κ1) is 16.9. The van der Waals surface area contributed by atoms with Gasteiger partial charge in [-0.3, -0.25) is 0 Å². The van der Waals surface area contributed by atoms with E-state index in [1.165, 1.54) is 0 Å². The summed E-state index contributed by atoms with van der Waals surface area (Å²) in [5, 5.41) is 0. The van der Waals surface area contributed by atoms with Gasteiger partial charge in [-0.05, 0) is 18.4 Å². The molecule has 0 spiro atoms. The van der Waals surface area contributed by atoms with Crippen LogP contribution in [-0.4, -0.2) is 45.2 Å². The second kappa shape index (κ2) is 9.74. The van der Waals surface area contributed by atoms with Crippen LogP contribution in [0.5, 0.6) is 0 Å². The fourth-order valence-corrected chi connectivity index (χ4v) is 1.59. The van der Waals surface area contributed by atoms with Crippen molar-refractivity contribution in [1.82, 2.24) is 0 Å². The van der Waals surface area contributed by atoms with E-state index in [0.717, 1.165) is 19.3 Å². The molecule has 2 unspecified atom stereocenters. The molecule has 0 aromatic carbocycles. The molecule has 1 rings (SSSR count). The van der Waals surface area contributed by atoms with Gasteiger partial charge in [0.15, 0.2) is 13.1 Å². The maximum Gasteiger partial charge on any atom is 0.508 e. The number of hydrogen-bond acceptors (Lipinski definition) is 6. The van der Waals surface area contributed by atoms with Gasteiger partial charge in [0.25, 0.3) is 0 Å². The van der Waals surface area contributed by atoms with Gasteiger partial charge in [0.05, 0.1) is 13.2 Å². The molecular weight excluding hydrogens is 264 g/mol. The Hall–Kier alpha value is -1.11. The van der Waals surface area contributed by atoms with E-state index in [9.17, 15) is 4.79 Å². The average molecular weight is 288 g/mol. The number of unbranched alkanes of at least 4 members (excludes halogenated alkanes) is 1. The van der Waals surface area contributed by atoms with Crippen molar-refractivity contribution in [2.24, 2.45) is 0 Å². The van der Waals surface area contributed by atoms with Crippen LogP contribution >= 0.6 is 0 Å². The van der Waals surface area contributed by atoms with E-state index in [1.807, 2.05) is 13.8 Å². The topological polar surface area (TPSA) is 63.2 Å². The first-order valence-corrected chi connectivity index (χ1v) is 6.98. The lowest BCUT2D eigenvalue weighted by molar-refractivity contribution is -0.112. The first-order valence-electron chi connectivity index (χ1n) is 6.98. The van der Waals surface area contributed by atoms with E-state index < -0.39 is 6.16 Å². The zero-order valence-corrected chi connectivity index (χ0v) is 12.3. The van der Waals surface area contributed by atoms with Crippen LogP contribution in [0.2, 0.25) is 0 Å². The second-order valence-corrected chi connectivity index (χ2v) is 4.57. The number of rotatable bonds is 9. The molecule has 0 aromatic heterocycles. The fourth-order valence-electron chi connectivity index (χ4n) is 1.59. The molecule has 1 fully saturated rings. The van der Waals surface area contributed by atoms with Gasteiger partial charge in [0, 0.05) is 0 Å². The van der Waals surface area contributed by atoms with Crippen molar-refractivity contribution < 1.29 is 28.5 Å². The Balaban J connectivity index is 2.09. The highest BCUT2D eigenvalue weighted by atomic mass is 16.8. The van der Waals surface area contributed by atoms with Crippen molar-refractivity contribution in [2.75, 3.05) is 26.6 Å². The monoisotopic (exact) mass is 288 g/mol. The third-order valence-corrected chi connectivity index (χ3v) is 2.78. The maximum absolute atomic E-state index is 11.2. The lowest BCUT2D eigenvalue weighted by atomic mass is 10.3. The predicted molar refractivity (Wildman–Crippen MR) is 72.2 cm³/mol. The summed E-state index contributed by atoms with van der Waals surface area (Å²) in [5.41, 5.74) is 0.641. The van der Waals surface area contributed by atoms with Gasteiger partial charge < -0.3 is 23.7 Å². The predicted octanol–water partition coefficient (Wildman–Crippen LogP) is 2.62. The van der Waals surface area contributed by atoms with Gasteiger partial charge in [-0.15, -0.1) is 0 Å². The number of carbonyl (C=O) groups is 1. The van der Waals surface area contributed by atoms with Crippen molar-refractivity contribution >= 4 is 6.16 Å². The summed E-state index contributed by atoms with van der Waals surface area (Å²) in [6, 6.07) is 0. The zero-order valence-electron chi connectivity index (χ0n) is 12.3. The molecule has 0 aromatic rings. The van der Waals surface area contributed by atoms with Crippen molar-refractivity contribution in [3.63, 3.8) is 0 Å². The molecule has 6 heteroatoms. The molecule has 1 aliphatic rings. The highest BCUT2D eigenvalue weighted by Gasteiger charge is 2.28. The molecular formula is C14H24O6. The highest BCUT2D eigenvalue weighted by molar-refractivity contribution is 5.60. The Labute approximate surface area is 120 Å². The minimum atomic E-state index is -0.675. The van der Waals surface area contributed by atoms with Crippen molar-refractivity contribution in [3.05, 3.63) is 12.2 Å². The molecule has 20 heavy (non-hydrogen) atoms. The van der Waals surface area contributed by atoms with Crippen LogP contribution in [-0.2, 0) is 23.7 Å². The SMILES string of the molecule is C=C(COC(=O)OCCCC)COC1OCOC1CC. The summed E-state index contributed by atoms with van der Waals surface area (Å²) in [5.74, 6) is 0. The first-order chi connectivity index (χ1) is 9.67. The Bertz CT molecular complexity index is 304. The molecule has 1 saturated heterocycles. The Morgan fingerprint density at radius 2 is 2.05 bits per heavy atom. The van der Waals surface area contributed by atoms with Crippen LogP contribution in [0.15, 0.2) is 12.2 Å². The van der Waals surface area contributed by atoms with E-state index in [1.54, 1.807) is 0 Å². The summed E-state index contributed by atoms with van der Waals surface area (Å²) in [6.07, 6.45) is 1.51. The van der Waals surface area contributed by atoms with E-state index in [2.05, 4.69) is 6.58 Å². The maximum atomic E-state index is 11.2. The van der Waals surface area contributed by atoms with E-state index in [0.29, 0.717) is 12.2 Å². The summed E-state index contributed by atoms with van der Waals surface area (Å²) in [6.45, 7) is 8.76. The number of carbonyl (C=O) groups excluding carboxylic acids is 1. The number of ether oxygens (including phenoxy) is 5. The molecule has 0 radical (unpaired) electrons. The molecule has 1 aliphatic heterocycles. The van der Waals surface area contributed by atoms with E-state index in [4.69, 9.17) is 23.7 Å². The summed E-state index contributed by atoms with van der Waals surface area (Å²) in [4.78, 5) is 11.2. The van der Waals surface area contributed by atoms with E-state index >= 15 is 0 Å². The van der Waals surface area contributed by atoms with Gasteiger partial charge in [-0.2, -0.15) is 0 Å². The lowest BCUT2D eigenvalue weighted by Gasteiger charge is -2.16. The van der Waals surface area contributed by atoms with Crippen LogP contribution in [0, 0.1) is 0 Å². The molecule has 0 bridgehead atoms. The van der Waals surface area contributed by atoms with Crippen molar-refractivity contribution in [1.29, 1.82) is 0 Å². The van der Waals surface area contributed by atoms with E-state index in [-0.39, 0.29) is 32.4 Å². The molecule has 1 heterocycles. The van der Waals surface area contributed by atoms with Crippen molar-refractivity contribution in [2.45, 2.75) is 45.5 Å². The smallest absolute Gasteiger partial charge is 0.434 e. The van der Waals surface area contributed by atoms with Gasteiger partial charge in [-0.25, -0.2) is 4.79 Å². The zero-order chi connectivity index (χ0) is 14.8. The summed E-state index contributed by atoms with van der Waals surface area (Å²) < 4.78 is 25.9. The third-order valence-electron chi connectivity index (χ3n) is 2.78. The molecule has 6 nitrogen and oxygen atoms in total. The minimum Gasteiger partial charge on any atom is -0.434 e. The van der Waals surface area contributed by atoms with Gasteiger partial charge in [-0.1, -0.05) is 26.8 Å². The molecule has 2 atom stereocenters. The normalized spacial score (nSPS) is 21.7. The molecule has 0 N–H and O–H groups in total. The Kier molecular flexibility index (Phi) is 8.25. The van der Waals surface area contributed by atoms with Crippen LogP contribution in [0.4, 0.5) is 4.79 Å². The lowest BCUT2D eigenvalue weighted by Crippen LogP contribution is -2.26. The van der Waals surface area contributed by atoms with Crippen LogP contribution in [0.1, 0.15) is 33.1 Å². The quantitative estimate of drug-likeness (QED) is 0.369. The summed E-state index contributed by atoms with van der Waals surface area (Å²) >= 11 is 0. The van der Waals surface area contributed by atoms with Gasteiger partial charge >= 0.3 is 6.16 Å². The van der Waals surface area contributed by atoms with Gasteiger partial charge in [0.1, 0.15) is 12.7 Å². The van der Waals surface area contributed by atoms with Crippen molar-refractivity contribution in [3.8, 4) is 0 Å². The Morgan fingerprint density at radius 1 is 1.25 bits per heavy atom. The van der Waals surface area contributed by atoms with Gasteiger partial charge in [0.2, 0.25) is 0 Å². The van der Waals surface area contributed by atoms with Crippen LogP contribution < -0.4 is 0 Å². The van der Waals surface area contributed by atoms with Crippen LogP contribution in [0.25, 0.3) is 0 Å². The fraction of sp³-hybridized carbons (Fsp3) is 0.786. The number of hydrogen-bond donors (Lipinski definition) is 0. The average Bonchev–Trinajstić information content (AvgIpc) is 2.90.